The van der Waals surface area contributed by atoms with Gasteiger partial charge in [-0.15, -0.1) is 0 Å². The average Bonchev–Trinajstić information content (AvgIpc) is 2.91. The molecule has 2 atom stereocenters. The van der Waals surface area contributed by atoms with Gasteiger partial charge in [-0.1, -0.05) is 13.8 Å². The summed E-state index contributed by atoms with van der Waals surface area (Å²) in [5.41, 5.74) is 1.90. The number of carboxylic acid groups (broad SMARTS) is 1. The molecule has 1 aliphatic rings. The molecule has 1 saturated heterocycles. The van der Waals surface area contributed by atoms with E-state index in [2.05, 4.69) is 5.32 Å². The van der Waals surface area contributed by atoms with Crippen LogP contribution in [0.3, 0.4) is 0 Å². The number of amides is 1. The largest absolute Gasteiger partial charge is 0.481 e. The second kappa shape index (κ2) is 14.0. The number of aliphatic carboxylic acids is 1. The fourth-order valence-electron chi connectivity index (χ4n) is 6.00. The number of rotatable bonds is 12. The number of pyridine rings is 1. The quantitative estimate of drug-likeness (QED) is 0.241. The first-order valence-electron chi connectivity index (χ1n) is 15.0. The number of carboxylic acids is 1. The van der Waals surface area contributed by atoms with Gasteiger partial charge in [0.25, 0.3) is 5.56 Å². The SMILES string of the molecule is Cc1cc(-c2c(C)cc(F)cc2C)cc(C(CC(=O)O)NC(=O)C(CC(C)C)n2cc(CCN3CC(F)C3)cc(F)c2=O)c1F. The van der Waals surface area contributed by atoms with Gasteiger partial charge in [0.1, 0.15) is 23.8 Å². The minimum Gasteiger partial charge on any atom is -0.481 e. The topological polar surface area (TPSA) is 91.6 Å². The Kier molecular flexibility index (Phi) is 10.5. The van der Waals surface area contributed by atoms with E-state index in [1.54, 1.807) is 19.9 Å². The molecule has 2 aromatic carbocycles. The van der Waals surface area contributed by atoms with E-state index < -0.39 is 59.6 Å². The Bertz CT molecular complexity index is 1630. The lowest BCUT2D eigenvalue weighted by Crippen LogP contribution is -2.49. The van der Waals surface area contributed by atoms with Crippen LogP contribution >= 0.6 is 0 Å². The summed E-state index contributed by atoms with van der Waals surface area (Å²) in [7, 11) is 0. The number of nitrogens with zero attached hydrogens (tertiary/aromatic N) is 2. The van der Waals surface area contributed by atoms with E-state index in [9.17, 15) is 32.7 Å². The number of hydrogen-bond acceptors (Lipinski definition) is 4. The van der Waals surface area contributed by atoms with Crippen LogP contribution in [0.4, 0.5) is 17.6 Å². The first-order valence-corrected chi connectivity index (χ1v) is 15.0. The molecule has 4 rings (SSSR count). The summed E-state index contributed by atoms with van der Waals surface area (Å²) in [5, 5.41) is 12.4. The lowest BCUT2D eigenvalue weighted by atomic mass is 9.90. The zero-order valence-corrected chi connectivity index (χ0v) is 26.1. The van der Waals surface area contributed by atoms with Crippen molar-refractivity contribution in [1.82, 2.24) is 14.8 Å². The Morgan fingerprint density at radius 2 is 1.64 bits per heavy atom. The fourth-order valence-corrected chi connectivity index (χ4v) is 6.00. The van der Waals surface area contributed by atoms with Crippen LogP contribution in [0, 0.1) is 44.1 Å². The molecule has 1 aromatic heterocycles. The van der Waals surface area contributed by atoms with Gasteiger partial charge in [0.05, 0.1) is 12.5 Å². The lowest BCUT2D eigenvalue weighted by Gasteiger charge is -2.34. The smallest absolute Gasteiger partial charge is 0.305 e. The van der Waals surface area contributed by atoms with E-state index >= 15 is 4.39 Å². The van der Waals surface area contributed by atoms with Crippen molar-refractivity contribution in [2.45, 2.75) is 72.1 Å². The van der Waals surface area contributed by atoms with Crippen molar-refractivity contribution >= 4 is 11.9 Å². The van der Waals surface area contributed by atoms with Crippen molar-refractivity contribution in [3.05, 3.63) is 92.2 Å². The molecule has 242 valence electrons. The second-order valence-electron chi connectivity index (χ2n) is 12.4. The molecular formula is C34H39F4N3O4. The van der Waals surface area contributed by atoms with Gasteiger partial charge in [-0.2, -0.15) is 0 Å². The lowest BCUT2D eigenvalue weighted by molar-refractivity contribution is -0.138. The van der Waals surface area contributed by atoms with Crippen LogP contribution in [-0.2, 0) is 16.0 Å². The standard InChI is InChI=1S/C34H39F4N3O4/c1-18(2)8-29(41-15-22(12-27(37)34(41)45)6-7-40-16-25(36)17-40)33(44)39-28(14-30(42)43)26-13-23(9-21(5)32(26)38)31-19(3)10-24(35)11-20(31)4/h9-13,15,18,25,28-29H,6-8,14,16-17H2,1-5H3,(H,39,44)(H,42,43). The summed E-state index contributed by atoms with van der Waals surface area (Å²) in [5.74, 6) is -4.40. The number of carbonyl (C=O) groups excluding carboxylic acids is 1. The summed E-state index contributed by atoms with van der Waals surface area (Å²) in [4.78, 5) is 40.7. The number of nitrogens with one attached hydrogen (secondary N) is 1. The highest BCUT2D eigenvalue weighted by molar-refractivity contribution is 5.82. The second-order valence-corrected chi connectivity index (χ2v) is 12.4. The molecule has 1 amide bonds. The number of carbonyl (C=O) groups is 2. The molecule has 0 radical (unpaired) electrons. The van der Waals surface area contributed by atoms with E-state index in [1.807, 2.05) is 18.7 Å². The van der Waals surface area contributed by atoms with E-state index in [1.165, 1.54) is 31.3 Å². The molecule has 0 saturated carbocycles. The van der Waals surface area contributed by atoms with E-state index in [0.29, 0.717) is 40.8 Å². The van der Waals surface area contributed by atoms with Gasteiger partial charge in [0.2, 0.25) is 5.91 Å². The van der Waals surface area contributed by atoms with Crippen molar-refractivity contribution < 1.29 is 32.3 Å². The number of hydrogen-bond donors (Lipinski definition) is 2. The predicted octanol–water partition coefficient (Wildman–Crippen LogP) is 5.97. The molecule has 3 aromatic rings. The summed E-state index contributed by atoms with van der Waals surface area (Å²) in [6.07, 6.45) is 0.269. The minimum atomic E-state index is -1.34. The maximum absolute atomic E-state index is 15.7. The molecule has 1 fully saturated rings. The van der Waals surface area contributed by atoms with E-state index in [4.69, 9.17) is 0 Å². The Morgan fingerprint density at radius 3 is 2.22 bits per heavy atom. The zero-order chi connectivity index (χ0) is 33.2. The molecule has 0 bridgehead atoms. The van der Waals surface area contributed by atoms with Crippen LogP contribution in [0.25, 0.3) is 11.1 Å². The highest BCUT2D eigenvalue weighted by Gasteiger charge is 2.30. The van der Waals surface area contributed by atoms with Crippen molar-refractivity contribution in [3.63, 3.8) is 0 Å². The van der Waals surface area contributed by atoms with Crippen molar-refractivity contribution in [2.24, 2.45) is 5.92 Å². The maximum Gasteiger partial charge on any atom is 0.305 e. The molecule has 2 N–H and O–H groups in total. The van der Waals surface area contributed by atoms with Crippen LogP contribution in [-0.4, -0.2) is 52.3 Å². The van der Waals surface area contributed by atoms with Gasteiger partial charge in [0, 0.05) is 31.4 Å². The average molecular weight is 630 g/mol. The fraction of sp³-hybridized carbons (Fsp3) is 0.441. The summed E-state index contributed by atoms with van der Waals surface area (Å²) in [6.45, 7) is 9.58. The summed E-state index contributed by atoms with van der Waals surface area (Å²) in [6, 6.07) is 4.26. The summed E-state index contributed by atoms with van der Waals surface area (Å²) < 4.78 is 58.8. The Morgan fingerprint density at radius 1 is 1.00 bits per heavy atom. The van der Waals surface area contributed by atoms with Gasteiger partial charge in [-0.05, 0) is 103 Å². The van der Waals surface area contributed by atoms with Gasteiger partial charge in [-0.25, -0.2) is 17.6 Å². The molecular weight excluding hydrogens is 590 g/mol. The van der Waals surface area contributed by atoms with Gasteiger partial charge < -0.3 is 15.0 Å². The Balaban J connectivity index is 1.72. The van der Waals surface area contributed by atoms with Crippen molar-refractivity contribution in [1.29, 1.82) is 0 Å². The number of aromatic nitrogens is 1. The highest BCUT2D eigenvalue weighted by atomic mass is 19.1. The number of halogens is 4. The van der Waals surface area contributed by atoms with E-state index in [0.717, 1.165) is 10.6 Å². The third-order valence-electron chi connectivity index (χ3n) is 8.16. The Labute approximate surface area is 259 Å². The number of benzene rings is 2. The molecule has 0 aliphatic carbocycles. The maximum atomic E-state index is 15.7. The van der Waals surface area contributed by atoms with Gasteiger partial charge in [-0.3, -0.25) is 19.3 Å². The molecule has 2 unspecified atom stereocenters. The predicted molar refractivity (Wildman–Crippen MR) is 163 cm³/mol. The highest BCUT2D eigenvalue weighted by Crippen LogP contribution is 2.34. The molecule has 45 heavy (non-hydrogen) atoms. The van der Waals surface area contributed by atoms with Crippen LogP contribution in [0.5, 0.6) is 0 Å². The van der Waals surface area contributed by atoms with Crippen LogP contribution < -0.4 is 10.9 Å². The number of aryl methyl sites for hydroxylation is 3. The third-order valence-corrected chi connectivity index (χ3v) is 8.16. The van der Waals surface area contributed by atoms with Crippen LogP contribution in [0.1, 0.15) is 66.6 Å². The third kappa shape index (κ3) is 8.00. The molecule has 2 heterocycles. The van der Waals surface area contributed by atoms with Crippen LogP contribution in [0.2, 0.25) is 0 Å². The summed E-state index contributed by atoms with van der Waals surface area (Å²) >= 11 is 0. The number of alkyl halides is 1. The van der Waals surface area contributed by atoms with Gasteiger partial charge >= 0.3 is 5.97 Å². The first kappa shape index (κ1) is 33.9. The molecule has 11 heteroatoms. The van der Waals surface area contributed by atoms with Gasteiger partial charge in [0.15, 0.2) is 5.82 Å². The molecule has 0 spiro atoms. The normalized spacial score (nSPS) is 15.2. The van der Waals surface area contributed by atoms with Crippen molar-refractivity contribution in [3.8, 4) is 11.1 Å². The zero-order valence-electron chi connectivity index (χ0n) is 26.1. The Hall–Kier alpha value is -3.99. The monoisotopic (exact) mass is 629 g/mol. The molecule has 1 aliphatic heterocycles. The van der Waals surface area contributed by atoms with Crippen LogP contribution in [0.15, 0.2) is 41.3 Å². The number of likely N-dealkylation sites (tertiary alicyclic amines) is 1. The minimum absolute atomic E-state index is 0.0832. The van der Waals surface area contributed by atoms with E-state index in [-0.39, 0.29) is 36.6 Å². The molecule has 7 nitrogen and oxygen atoms in total. The first-order chi connectivity index (χ1) is 21.1. The van der Waals surface area contributed by atoms with Crippen molar-refractivity contribution in [2.75, 3.05) is 19.6 Å².